The minimum Gasteiger partial charge on any atom is -0.486 e. The summed E-state index contributed by atoms with van der Waals surface area (Å²) >= 11 is 1.71. The summed E-state index contributed by atoms with van der Waals surface area (Å²) in [4.78, 5) is 5.92. The molecule has 0 radical (unpaired) electrons. The number of nitrogens with zero attached hydrogens (tertiary/aromatic N) is 1. The Morgan fingerprint density at radius 3 is 3.05 bits per heavy atom. The van der Waals surface area contributed by atoms with Crippen molar-refractivity contribution in [3.05, 3.63) is 45.4 Å². The SMILES string of the molecule is Cc1ccccc1OCc1nc2c(s1)C(N)CCC2. The predicted octanol–water partition coefficient (Wildman–Crippen LogP) is 3.37. The van der Waals surface area contributed by atoms with Crippen LogP contribution < -0.4 is 10.5 Å². The van der Waals surface area contributed by atoms with Gasteiger partial charge in [-0.2, -0.15) is 0 Å². The van der Waals surface area contributed by atoms with Gasteiger partial charge in [0.15, 0.2) is 0 Å². The third-order valence-electron chi connectivity index (χ3n) is 3.48. The van der Waals surface area contributed by atoms with Crippen LogP contribution in [-0.2, 0) is 13.0 Å². The van der Waals surface area contributed by atoms with Crippen LogP contribution in [0.5, 0.6) is 5.75 Å². The number of aryl methyl sites for hydroxylation is 2. The van der Waals surface area contributed by atoms with E-state index in [0.29, 0.717) is 6.61 Å². The van der Waals surface area contributed by atoms with Crippen LogP contribution in [-0.4, -0.2) is 4.98 Å². The molecule has 1 atom stereocenters. The minimum absolute atomic E-state index is 0.175. The van der Waals surface area contributed by atoms with Gasteiger partial charge in [-0.1, -0.05) is 18.2 Å². The van der Waals surface area contributed by atoms with Crippen molar-refractivity contribution in [1.82, 2.24) is 4.98 Å². The van der Waals surface area contributed by atoms with Crippen LogP contribution in [0.15, 0.2) is 24.3 Å². The number of ether oxygens (including phenoxy) is 1. The van der Waals surface area contributed by atoms with Gasteiger partial charge in [0.1, 0.15) is 17.4 Å². The molecule has 0 saturated heterocycles. The summed E-state index contributed by atoms with van der Waals surface area (Å²) in [7, 11) is 0. The van der Waals surface area contributed by atoms with E-state index in [9.17, 15) is 0 Å². The van der Waals surface area contributed by atoms with Crippen molar-refractivity contribution in [2.24, 2.45) is 5.73 Å². The van der Waals surface area contributed by atoms with E-state index >= 15 is 0 Å². The number of hydrogen-bond acceptors (Lipinski definition) is 4. The van der Waals surface area contributed by atoms with E-state index in [1.807, 2.05) is 18.2 Å². The van der Waals surface area contributed by atoms with Crippen molar-refractivity contribution in [3.63, 3.8) is 0 Å². The molecule has 2 N–H and O–H groups in total. The summed E-state index contributed by atoms with van der Waals surface area (Å²) in [6.45, 7) is 2.59. The molecule has 3 rings (SSSR count). The van der Waals surface area contributed by atoms with Gasteiger partial charge in [0, 0.05) is 10.9 Å². The maximum absolute atomic E-state index is 6.12. The largest absolute Gasteiger partial charge is 0.486 e. The molecule has 0 spiro atoms. The van der Waals surface area contributed by atoms with Crippen LogP contribution in [0.2, 0.25) is 0 Å². The maximum atomic E-state index is 6.12. The minimum atomic E-state index is 0.175. The molecule has 0 aliphatic heterocycles. The lowest BCUT2D eigenvalue weighted by molar-refractivity contribution is 0.303. The fourth-order valence-electron chi connectivity index (χ4n) is 2.42. The average Bonchev–Trinajstić information content (AvgIpc) is 2.82. The Hall–Kier alpha value is -1.39. The molecule has 100 valence electrons. The first-order valence-corrected chi connectivity index (χ1v) is 7.48. The Kier molecular flexibility index (Phi) is 3.53. The summed E-state index contributed by atoms with van der Waals surface area (Å²) in [6, 6.07) is 8.23. The fourth-order valence-corrected chi connectivity index (χ4v) is 3.49. The van der Waals surface area contributed by atoms with Crippen LogP contribution in [0, 0.1) is 6.92 Å². The molecule has 0 saturated carbocycles. The zero-order chi connectivity index (χ0) is 13.2. The van der Waals surface area contributed by atoms with Gasteiger partial charge < -0.3 is 10.5 Å². The van der Waals surface area contributed by atoms with Crippen LogP contribution in [0.4, 0.5) is 0 Å². The van der Waals surface area contributed by atoms with Crippen LogP contribution in [0.1, 0.15) is 40.0 Å². The van der Waals surface area contributed by atoms with Gasteiger partial charge in [-0.25, -0.2) is 4.98 Å². The highest BCUT2D eigenvalue weighted by Gasteiger charge is 2.21. The van der Waals surface area contributed by atoms with Gasteiger partial charge in [-0.15, -0.1) is 11.3 Å². The quantitative estimate of drug-likeness (QED) is 0.933. The molecule has 3 nitrogen and oxygen atoms in total. The van der Waals surface area contributed by atoms with Crippen LogP contribution in [0.25, 0.3) is 0 Å². The van der Waals surface area contributed by atoms with E-state index in [4.69, 9.17) is 10.5 Å². The highest BCUT2D eigenvalue weighted by atomic mass is 32.1. The van der Waals surface area contributed by atoms with E-state index in [1.54, 1.807) is 11.3 Å². The number of thiazole rings is 1. The van der Waals surface area contributed by atoms with Crippen molar-refractivity contribution in [2.45, 2.75) is 38.8 Å². The molecule has 1 aliphatic carbocycles. The lowest BCUT2D eigenvalue weighted by atomic mass is 9.99. The molecule has 1 aromatic carbocycles. The van der Waals surface area contributed by atoms with Crippen LogP contribution >= 0.6 is 11.3 Å². The number of rotatable bonds is 3. The van der Waals surface area contributed by atoms with Crippen molar-refractivity contribution in [1.29, 1.82) is 0 Å². The normalized spacial score (nSPS) is 18.1. The molecule has 1 unspecified atom stereocenters. The zero-order valence-electron chi connectivity index (χ0n) is 11.1. The van der Waals surface area contributed by atoms with Crippen molar-refractivity contribution >= 4 is 11.3 Å². The fraction of sp³-hybridized carbons (Fsp3) is 0.400. The van der Waals surface area contributed by atoms with Gasteiger partial charge in [-0.05, 0) is 37.8 Å². The van der Waals surface area contributed by atoms with Gasteiger partial charge in [0.2, 0.25) is 0 Å². The third-order valence-corrected chi connectivity index (χ3v) is 4.69. The van der Waals surface area contributed by atoms with Gasteiger partial charge in [0.05, 0.1) is 5.69 Å². The second kappa shape index (κ2) is 5.31. The first-order valence-electron chi connectivity index (χ1n) is 6.66. The molecular weight excluding hydrogens is 256 g/mol. The third kappa shape index (κ3) is 2.65. The van der Waals surface area contributed by atoms with Crippen molar-refractivity contribution in [2.75, 3.05) is 0 Å². The number of para-hydroxylation sites is 1. The monoisotopic (exact) mass is 274 g/mol. The summed E-state index contributed by atoms with van der Waals surface area (Å²) in [5.41, 5.74) is 8.46. The van der Waals surface area contributed by atoms with Gasteiger partial charge in [-0.3, -0.25) is 0 Å². The molecule has 0 bridgehead atoms. The Labute approximate surface area is 117 Å². The maximum Gasteiger partial charge on any atom is 0.140 e. The molecule has 1 heterocycles. The molecule has 0 amide bonds. The number of hydrogen-bond donors (Lipinski definition) is 1. The molecule has 19 heavy (non-hydrogen) atoms. The van der Waals surface area contributed by atoms with E-state index in [2.05, 4.69) is 18.0 Å². The molecular formula is C15H18N2OS. The molecule has 1 aromatic heterocycles. The topological polar surface area (TPSA) is 48.1 Å². The average molecular weight is 274 g/mol. The Balaban J connectivity index is 1.73. The number of fused-ring (bicyclic) bond motifs is 1. The Morgan fingerprint density at radius 1 is 1.42 bits per heavy atom. The summed E-state index contributed by atoms with van der Waals surface area (Å²) < 4.78 is 5.84. The standard InChI is InChI=1S/C15H18N2OS/c1-10-5-2-3-8-13(10)18-9-14-17-12-7-4-6-11(16)15(12)19-14/h2-3,5,8,11H,4,6-7,9,16H2,1H3. The Morgan fingerprint density at radius 2 is 2.26 bits per heavy atom. The lowest BCUT2D eigenvalue weighted by Gasteiger charge is -2.15. The highest BCUT2D eigenvalue weighted by Crippen LogP contribution is 2.33. The van der Waals surface area contributed by atoms with E-state index in [1.165, 1.54) is 10.6 Å². The van der Waals surface area contributed by atoms with E-state index in [-0.39, 0.29) is 6.04 Å². The van der Waals surface area contributed by atoms with Crippen molar-refractivity contribution < 1.29 is 4.74 Å². The lowest BCUT2D eigenvalue weighted by Crippen LogP contribution is -2.15. The zero-order valence-corrected chi connectivity index (χ0v) is 11.9. The number of benzene rings is 1. The molecule has 1 aliphatic rings. The predicted molar refractivity (Wildman–Crippen MR) is 77.5 cm³/mol. The first-order chi connectivity index (χ1) is 9.24. The number of aromatic nitrogens is 1. The smallest absolute Gasteiger partial charge is 0.140 e. The van der Waals surface area contributed by atoms with Crippen molar-refractivity contribution in [3.8, 4) is 5.75 Å². The first kappa shape index (κ1) is 12.6. The second-order valence-electron chi connectivity index (χ2n) is 4.97. The Bertz CT molecular complexity index is 579. The van der Waals surface area contributed by atoms with Crippen LogP contribution in [0.3, 0.4) is 0 Å². The van der Waals surface area contributed by atoms with Gasteiger partial charge in [0.25, 0.3) is 0 Å². The van der Waals surface area contributed by atoms with E-state index < -0.39 is 0 Å². The summed E-state index contributed by atoms with van der Waals surface area (Å²) in [6.07, 6.45) is 3.28. The highest BCUT2D eigenvalue weighted by molar-refractivity contribution is 7.11. The molecule has 0 fully saturated rings. The molecule has 2 aromatic rings. The summed E-state index contributed by atoms with van der Waals surface area (Å²) in [5, 5.41) is 1.03. The van der Waals surface area contributed by atoms with Gasteiger partial charge >= 0.3 is 0 Å². The summed E-state index contributed by atoms with van der Waals surface area (Å²) in [5.74, 6) is 0.931. The number of nitrogens with two attached hydrogens (primary N) is 1. The molecule has 4 heteroatoms. The second-order valence-corrected chi connectivity index (χ2v) is 6.09. The van der Waals surface area contributed by atoms with E-state index in [0.717, 1.165) is 35.6 Å².